The summed E-state index contributed by atoms with van der Waals surface area (Å²) < 4.78 is 37.9. The van der Waals surface area contributed by atoms with Crippen LogP contribution in [0.2, 0.25) is 0 Å². The fourth-order valence-corrected chi connectivity index (χ4v) is 2.76. The van der Waals surface area contributed by atoms with Crippen LogP contribution in [0.25, 0.3) is 0 Å². The summed E-state index contributed by atoms with van der Waals surface area (Å²) in [4.78, 5) is 12.5. The number of nitrogens with one attached hydrogen (secondary N) is 1. The van der Waals surface area contributed by atoms with Crippen molar-refractivity contribution >= 4 is 5.91 Å². The first-order valence-electron chi connectivity index (χ1n) is 8.67. The van der Waals surface area contributed by atoms with Crippen LogP contribution < -0.4 is 5.32 Å². The van der Waals surface area contributed by atoms with E-state index in [0.717, 1.165) is 17.7 Å². The lowest BCUT2D eigenvalue weighted by atomic mass is 9.93. The number of carbonyl (C=O) groups is 1. The number of rotatable bonds is 5. The highest BCUT2D eigenvalue weighted by Crippen LogP contribution is 2.29. The number of carbonyl (C=O) groups excluding carboxylic acids is 1. The smallest absolute Gasteiger partial charge is 0.345 e. The van der Waals surface area contributed by atoms with E-state index in [1.807, 2.05) is 38.1 Å². The molecule has 0 unspecified atom stereocenters. The molecule has 2 aromatic rings. The molecule has 0 heterocycles. The van der Waals surface area contributed by atoms with Crippen molar-refractivity contribution in [2.24, 2.45) is 5.92 Å². The van der Waals surface area contributed by atoms with Crippen LogP contribution in [0.3, 0.4) is 0 Å². The van der Waals surface area contributed by atoms with Crippen molar-refractivity contribution in [3.8, 4) is 0 Å². The Morgan fingerprint density at radius 1 is 0.846 bits per heavy atom. The van der Waals surface area contributed by atoms with Crippen LogP contribution in [0.15, 0.2) is 48.5 Å². The standard InChI is InChI=1S/C21H24F3NO/c1-13(2)15-5-7-16(8-6-15)19(14(3)4)25-20(26)17-9-11-18(12-10-17)21(22,23)24/h5-14,19H,1-4H3,(H,25,26)/t19-/m1/s1. The van der Waals surface area contributed by atoms with Gasteiger partial charge >= 0.3 is 6.18 Å². The third kappa shape index (κ3) is 4.87. The number of hydrogen-bond acceptors (Lipinski definition) is 1. The Balaban J connectivity index is 2.17. The molecule has 0 saturated carbocycles. The molecule has 2 rings (SSSR count). The minimum absolute atomic E-state index is 0.137. The normalized spacial score (nSPS) is 13.1. The van der Waals surface area contributed by atoms with Gasteiger partial charge in [-0.3, -0.25) is 4.79 Å². The van der Waals surface area contributed by atoms with E-state index in [1.54, 1.807) is 0 Å². The molecule has 0 aliphatic carbocycles. The number of benzene rings is 2. The van der Waals surface area contributed by atoms with Crippen LogP contribution in [0.4, 0.5) is 13.2 Å². The average molecular weight is 363 g/mol. The van der Waals surface area contributed by atoms with E-state index < -0.39 is 11.7 Å². The van der Waals surface area contributed by atoms with Crippen LogP contribution >= 0.6 is 0 Å². The molecule has 1 N–H and O–H groups in total. The quantitative estimate of drug-likeness (QED) is 0.698. The highest BCUT2D eigenvalue weighted by atomic mass is 19.4. The number of halogens is 3. The van der Waals surface area contributed by atoms with Crippen molar-refractivity contribution in [3.63, 3.8) is 0 Å². The SMILES string of the molecule is CC(C)c1ccc([C@H](NC(=O)c2ccc(C(F)(F)F)cc2)C(C)C)cc1. The lowest BCUT2D eigenvalue weighted by molar-refractivity contribution is -0.137. The van der Waals surface area contributed by atoms with Gasteiger partial charge < -0.3 is 5.32 Å². The molecule has 140 valence electrons. The van der Waals surface area contributed by atoms with Gasteiger partial charge in [0, 0.05) is 5.56 Å². The van der Waals surface area contributed by atoms with Gasteiger partial charge in [-0.2, -0.15) is 13.2 Å². The third-order valence-electron chi connectivity index (χ3n) is 4.39. The minimum Gasteiger partial charge on any atom is -0.345 e. The van der Waals surface area contributed by atoms with Crippen molar-refractivity contribution < 1.29 is 18.0 Å². The van der Waals surface area contributed by atoms with Crippen molar-refractivity contribution in [1.82, 2.24) is 5.32 Å². The fourth-order valence-electron chi connectivity index (χ4n) is 2.76. The average Bonchev–Trinajstić information content (AvgIpc) is 2.58. The zero-order valence-corrected chi connectivity index (χ0v) is 15.4. The maximum atomic E-state index is 12.6. The van der Waals surface area contributed by atoms with Crippen molar-refractivity contribution in [3.05, 3.63) is 70.8 Å². The summed E-state index contributed by atoms with van der Waals surface area (Å²) in [6.45, 7) is 8.21. The molecule has 0 aliphatic rings. The molecule has 5 heteroatoms. The van der Waals surface area contributed by atoms with Crippen LogP contribution in [0, 0.1) is 5.92 Å². The van der Waals surface area contributed by atoms with Crippen LogP contribution in [0.5, 0.6) is 0 Å². The minimum atomic E-state index is -4.41. The summed E-state index contributed by atoms with van der Waals surface area (Å²) in [6.07, 6.45) is -4.41. The van der Waals surface area contributed by atoms with Gasteiger partial charge in [-0.25, -0.2) is 0 Å². The second-order valence-corrected chi connectivity index (χ2v) is 7.09. The van der Waals surface area contributed by atoms with Gasteiger partial charge in [0.1, 0.15) is 0 Å². The summed E-state index contributed by atoms with van der Waals surface area (Å²) in [5.74, 6) is 0.173. The Bertz CT molecular complexity index is 731. The molecule has 0 radical (unpaired) electrons. The van der Waals surface area contributed by atoms with E-state index in [2.05, 4.69) is 19.2 Å². The van der Waals surface area contributed by atoms with Crippen molar-refractivity contribution in [1.29, 1.82) is 0 Å². The first-order chi connectivity index (χ1) is 12.1. The van der Waals surface area contributed by atoms with Crippen LogP contribution in [0.1, 0.15) is 66.7 Å². The lowest BCUT2D eigenvalue weighted by Gasteiger charge is -2.23. The zero-order chi connectivity index (χ0) is 19.5. The van der Waals surface area contributed by atoms with Gasteiger partial charge in [0.25, 0.3) is 5.91 Å². The van der Waals surface area contributed by atoms with E-state index in [9.17, 15) is 18.0 Å². The van der Waals surface area contributed by atoms with Crippen molar-refractivity contribution in [2.45, 2.75) is 45.8 Å². The maximum absolute atomic E-state index is 12.6. The van der Waals surface area contributed by atoms with Crippen LogP contribution in [-0.2, 0) is 6.18 Å². The Hall–Kier alpha value is -2.30. The second-order valence-electron chi connectivity index (χ2n) is 7.09. The summed E-state index contributed by atoms with van der Waals surface area (Å²) in [6, 6.07) is 12.1. The molecule has 0 spiro atoms. The van der Waals surface area contributed by atoms with Gasteiger partial charge in [-0.15, -0.1) is 0 Å². The lowest BCUT2D eigenvalue weighted by Crippen LogP contribution is -2.31. The van der Waals surface area contributed by atoms with Gasteiger partial charge in [-0.1, -0.05) is 52.0 Å². The Kier molecular flexibility index (Phi) is 6.11. The first kappa shape index (κ1) is 20.0. The highest BCUT2D eigenvalue weighted by molar-refractivity contribution is 5.94. The molecule has 1 amide bonds. The highest BCUT2D eigenvalue weighted by Gasteiger charge is 2.30. The number of hydrogen-bond donors (Lipinski definition) is 1. The summed E-state index contributed by atoms with van der Waals surface area (Å²) in [5, 5.41) is 2.94. The van der Waals surface area contributed by atoms with Crippen LogP contribution in [-0.4, -0.2) is 5.91 Å². The maximum Gasteiger partial charge on any atom is 0.416 e. The fraction of sp³-hybridized carbons (Fsp3) is 0.381. The third-order valence-corrected chi connectivity index (χ3v) is 4.39. The molecular formula is C21H24F3NO. The summed E-state index contributed by atoms with van der Waals surface area (Å²) in [5.41, 5.74) is 1.64. The Labute approximate surface area is 152 Å². The van der Waals surface area contributed by atoms with Gasteiger partial charge in [0.2, 0.25) is 0 Å². The molecule has 0 aromatic heterocycles. The molecule has 2 nitrogen and oxygen atoms in total. The predicted octanol–water partition coefficient (Wildman–Crippen LogP) is 5.96. The second kappa shape index (κ2) is 7.94. The van der Waals surface area contributed by atoms with Gasteiger partial charge in [-0.05, 0) is 47.2 Å². The summed E-state index contributed by atoms with van der Waals surface area (Å²) >= 11 is 0. The van der Waals surface area contributed by atoms with E-state index in [1.165, 1.54) is 17.7 Å². The van der Waals surface area contributed by atoms with E-state index in [-0.39, 0.29) is 23.4 Å². The van der Waals surface area contributed by atoms with Crippen molar-refractivity contribution in [2.75, 3.05) is 0 Å². The molecular weight excluding hydrogens is 339 g/mol. The Morgan fingerprint density at radius 2 is 1.35 bits per heavy atom. The molecule has 26 heavy (non-hydrogen) atoms. The van der Waals surface area contributed by atoms with Gasteiger partial charge in [0.15, 0.2) is 0 Å². The van der Waals surface area contributed by atoms with E-state index in [4.69, 9.17) is 0 Å². The Morgan fingerprint density at radius 3 is 1.77 bits per heavy atom. The zero-order valence-electron chi connectivity index (χ0n) is 15.4. The molecule has 0 aliphatic heterocycles. The largest absolute Gasteiger partial charge is 0.416 e. The number of alkyl halides is 3. The molecule has 0 saturated heterocycles. The molecule has 2 aromatic carbocycles. The van der Waals surface area contributed by atoms with E-state index >= 15 is 0 Å². The first-order valence-corrected chi connectivity index (χ1v) is 8.67. The predicted molar refractivity (Wildman–Crippen MR) is 97.0 cm³/mol. The number of amides is 1. The van der Waals surface area contributed by atoms with E-state index in [0.29, 0.717) is 5.92 Å². The molecule has 0 bridgehead atoms. The molecule has 0 fully saturated rings. The summed E-state index contributed by atoms with van der Waals surface area (Å²) in [7, 11) is 0. The molecule has 1 atom stereocenters. The monoisotopic (exact) mass is 363 g/mol. The van der Waals surface area contributed by atoms with Gasteiger partial charge in [0.05, 0.1) is 11.6 Å². The topological polar surface area (TPSA) is 29.1 Å².